The molecule has 0 aromatic heterocycles. The highest BCUT2D eigenvalue weighted by molar-refractivity contribution is 7.89. The maximum absolute atomic E-state index is 12.3. The molecule has 0 heterocycles. The van der Waals surface area contributed by atoms with Gasteiger partial charge in [-0.15, -0.1) is 0 Å². The van der Waals surface area contributed by atoms with E-state index in [1.165, 1.54) is 6.07 Å². The van der Waals surface area contributed by atoms with Crippen molar-refractivity contribution in [2.24, 2.45) is 11.7 Å². The molecule has 6 nitrogen and oxygen atoms in total. The molecule has 0 unspecified atom stereocenters. The van der Waals surface area contributed by atoms with Crippen molar-refractivity contribution in [1.82, 2.24) is 4.72 Å². The third-order valence-corrected chi connectivity index (χ3v) is 5.52. The zero-order chi connectivity index (χ0) is 15.6. The van der Waals surface area contributed by atoms with Gasteiger partial charge in [-0.05, 0) is 56.4 Å². The van der Waals surface area contributed by atoms with Crippen molar-refractivity contribution in [1.29, 1.82) is 0 Å². The van der Waals surface area contributed by atoms with E-state index < -0.39 is 10.0 Å². The summed E-state index contributed by atoms with van der Waals surface area (Å²) in [7, 11) is -3.56. The lowest BCUT2D eigenvalue weighted by Gasteiger charge is -2.27. The molecule has 7 heteroatoms. The molecule has 0 spiro atoms. The number of rotatable bonds is 4. The Balaban J connectivity index is 2.05. The van der Waals surface area contributed by atoms with E-state index in [1.54, 1.807) is 19.1 Å². The Labute approximate surface area is 124 Å². The normalized spacial score (nSPS) is 22.9. The van der Waals surface area contributed by atoms with Crippen LogP contribution in [0.15, 0.2) is 23.1 Å². The van der Waals surface area contributed by atoms with Crippen molar-refractivity contribution < 1.29 is 13.2 Å². The Hall–Kier alpha value is -1.60. The zero-order valence-corrected chi connectivity index (χ0v) is 12.8. The van der Waals surface area contributed by atoms with Gasteiger partial charge in [0.1, 0.15) is 0 Å². The number of sulfonamides is 1. The van der Waals surface area contributed by atoms with E-state index in [0.717, 1.165) is 5.56 Å². The monoisotopic (exact) mass is 311 g/mol. The van der Waals surface area contributed by atoms with Crippen LogP contribution in [0.4, 0.5) is 5.69 Å². The van der Waals surface area contributed by atoms with Gasteiger partial charge in [-0.2, -0.15) is 0 Å². The second-order valence-corrected chi connectivity index (χ2v) is 7.30. The number of benzene rings is 1. The molecular formula is C14H21N3O3S. The summed E-state index contributed by atoms with van der Waals surface area (Å²) in [6.45, 7) is 1.77. The number of amides is 1. The highest BCUT2D eigenvalue weighted by Crippen LogP contribution is 2.25. The van der Waals surface area contributed by atoms with Crippen LogP contribution >= 0.6 is 0 Å². The summed E-state index contributed by atoms with van der Waals surface area (Å²) in [5.74, 6) is -0.435. The van der Waals surface area contributed by atoms with E-state index in [0.29, 0.717) is 31.4 Å². The summed E-state index contributed by atoms with van der Waals surface area (Å²) >= 11 is 0. The molecule has 1 aromatic carbocycles. The molecule has 2 rings (SSSR count). The average molecular weight is 311 g/mol. The van der Waals surface area contributed by atoms with Crippen LogP contribution in [0.25, 0.3) is 0 Å². The quantitative estimate of drug-likeness (QED) is 0.716. The summed E-state index contributed by atoms with van der Waals surface area (Å²) < 4.78 is 27.4. The Morgan fingerprint density at radius 1 is 1.24 bits per heavy atom. The highest BCUT2D eigenvalue weighted by atomic mass is 32.2. The second kappa shape index (κ2) is 6.03. The van der Waals surface area contributed by atoms with E-state index in [4.69, 9.17) is 11.5 Å². The Bertz CT molecular complexity index is 635. The number of nitrogen functional groups attached to an aromatic ring is 1. The smallest absolute Gasteiger partial charge is 0.240 e. The van der Waals surface area contributed by atoms with Crippen molar-refractivity contribution in [3.05, 3.63) is 23.8 Å². The van der Waals surface area contributed by atoms with Crippen LogP contribution in [0.2, 0.25) is 0 Å². The molecule has 5 N–H and O–H groups in total. The maximum Gasteiger partial charge on any atom is 0.240 e. The van der Waals surface area contributed by atoms with E-state index in [9.17, 15) is 13.2 Å². The summed E-state index contributed by atoms with van der Waals surface area (Å²) in [5.41, 5.74) is 12.3. The number of carbonyl (C=O) groups excluding carboxylic acids is 1. The third-order valence-electron chi connectivity index (χ3n) is 4.00. The number of primary amides is 1. The minimum absolute atomic E-state index is 0.135. The van der Waals surface area contributed by atoms with Gasteiger partial charge in [0.15, 0.2) is 0 Å². The van der Waals surface area contributed by atoms with Gasteiger partial charge in [0.25, 0.3) is 0 Å². The van der Waals surface area contributed by atoms with Gasteiger partial charge < -0.3 is 11.5 Å². The van der Waals surface area contributed by atoms with Crippen molar-refractivity contribution in [3.8, 4) is 0 Å². The van der Waals surface area contributed by atoms with Crippen LogP contribution in [0.1, 0.15) is 31.2 Å². The molecule has 1 aromatic rings. The van der Waals surface area contributed by atoms with Gasteiger partial charge >= 0.3 is 0 Å². The first-order chi connectivity index (χ1) is 9.79. The molecule has 0 saturated heterocycles. The molecule has 1 amide bonds. The first kappa shape index (κ1) is 15.8. The predicted molar refractivity (Wildman–Crippen MR) is 80.9 cm³/mol. The Morgan fingerprint density at radius 2 is 1.86 bits per heavy atom. The standard InChI is InChI=1S/C14H21N3O3S/c1-9-8-12(6-7-13(9)15)21(19,20)17-11-4-2-10(3-5-11)14(16)18/h6-8,10-11,17H,2-5,15H2,1H3,(H2,16,18). The second-order valence-electron chi connectivity index (χ2n) is 5.59. The molecule has 116 valence electrons. The van der Waals surface area contributed by atoms with Crippen molar-refractivity contribution in [2.45, 2.75) is 43.5 Å². The van der Waals surface area contributed by atoms with Gasteiger partial charge in [-0.3, -0.25) is 4.79 Å². The predicted octanol–water partition coefficient (Wildman–Crippen LogP) is 0.900. The summed E-state index contributed by atoms with van der Waals surface area (Å²) in [6, 6.07) is 4.50. The van der Waals surface area contributed by atoms with E-state index >= 15 is 0 Å². The van der Waals surface area contributed by atoms with E-state index in [2.05, 4.69) is 4.72 Å². The van der Waals surface area contributed by atoms with Crippen LogP contribution < -0.4 is 16.2 Å². The number of hydrogen-bond donors (Lipinski definition) is 3. The van der Waals surface area contributed by atoms with E-state index in [1.807, 2.05) is 0 Å². The number of anilines is 1. The first-order valence-electron chi connectivity index (χ1n) is 6.97. The molecule has 1 aliphatic rings. The topological polar surface area (TPSA) is 115 Å². The largest absolute Gasteiger partial charge is 0.399 e. The Kier molecular flexibility index (Phi) is 4.53. The van der Waals surface area contributed by atoms with Gasteiger partial charge in [0.2, 0.25) is 15.9 Å². The molecule has 0 bridgehead atoms. The van der Waals surface area contributed by atoms with Crippen molar-refractivity contribution >= 4 is 21.6 Å². The molecule has 0 radical (unpaired) electrons. The lowest BCUT2D eigenvalue weighted by Crippen LogP contribution is -2.39. The molecule has 1 fully saturated rings. The minimum atomic E-state index is -3.56. The van der Waals surface area contributed by atoms with Crippen LogP contribution in [-0.2, 0) is 14.8 Å². The fourth-order valence-electron chi connectivity index (χ4n) is 2.60. The molecule has 0 atom stereocenters. The van der Waals surface area contributed by atoms with Crippen LogP contribution in [0.3, 0.4) is 0 Å². The lowest BCUT2D eigenvalue weighted by atomic mass is 9.86. The minimum Gasteiger partial charge on any atom is -0.399 e. The maximum atomic E-state index is 12.3. The number of nitrogens with two attached hydrogens (primary N) is 2. The highest BCUT2D eigenvalue weighted by Gasteiger charge is 2.28. The number of nitrogens with one attached hydrogen (secondary N) is 1. The van der Waals surface area contributed by atoms with E-state index in [-0.39, 0.29) is 22.8 Å². The fraction of sp³-hybridized carbons (Fsp3) is 0.500. The molecule has 1 saturated carbocycles. The molecule has 1 aliphatic carbocycles. The average Bonchev–Trinajstić information content (AvgIpc) is 2.42. The molecule has 0 aliphatic heterocycles. The Morgan fingerprint density at radius 3 is 2.38 bits per heavy atom. The van der Waals surface area contributed by atoms with Gasteiger partial charge in [0.05, 0.1) is 4.90 Å². The fourth-order valence-corrected chi connectivity index (χ4v) is 3.99. The molecule has 21 heavy (non-hydrogen) atoms. The third kappa shape index (κ3) is 3.74. The van der Waals surface area contributed by atoms with Crippen LogP contribution in [0, 0.1) is 12.8 Å². The SMILES string of the molecule is Cc1cc(S(=O)(=O)NC2CCC(C(N)=O)CC2)ccc1N. The van der Waals surface area contributed by atoms with Crippen LogP contribution in [0.5, 0.6) is 0 Å². The van der Waals surface area contributed by atoms with Crippen molar-refractivity contribution in [3.63, 3.8) is 0 Å². The molecular weight excluding hydrogens is 290 g/mol. The summed E-state index contributed by atoms with van der Waals surface area (Å²) in [6.07, 6.45) is 2.51. The van der Waals surface area contributed by atoms with Gasteiger partial charge in [-0.1, -0.05) is 0 Å². The zero-order valence-electron chi connectivity index (χ0n) is 12.0. The van der Waals surface area contributed by atoms with Gasteiger partial charge in [0, 0.05) is 17.6 Å². The number of carbonyl (C=O) groups is 1. The van der Waals surface area contributed by atoms with Crippen molar-refractivity contribution in [2.75, 3.05) is 5.73 Å². The first-order valence-corrected chi connectivity index (χ1v) is 8.45. The summed E-state index contributed by atoms with van der Waals surface area (Å²) in [5, 5.41) is 0. The van der Waals surface area contributed by atoms with Gasteiger partial charge in [-0.25, -0.2) is 13.1 Å². The number of aryl methyl sites for hydroxylation is 1. The summed E-state index contributed by atoms with van der Waals surface area (Å²) in [4.78, 5) is 11.3. The number of hydrogen-bond acceptors (Lipinski definition) is 4. The lowest BCUT2D eigenvalue weighted by molar-refractivity contribution is -0.122. The van der Waals surface area contributed by atoms with Crippen LogP contribution in [-0.4, -0.2) is 20.4 Å².